The van der Waals surface area contributed by atoms with Gasteiger partial charge in [0.2, 0.25) is 0 Å². The van der Waals surface area contributed by atoms with E-state index in [1.165, 1.54) is 6.07 Å². The van der Waals surface area contributed by atoms with Gasteiger partial charge in [-0.2, -0.15) is 13.2 Å². The van der Waals surface area contributed by atoms with Gasteiger partial charge in [-0.3, -0.25) is 4.79 Å². The molecular formula is C15H9F6NO3. The number of pyridine rings is 1. The van der Waals surface area contributed by atoms with Crippen LogP contribution in [0.15, 0.2) is 36.4 Å². The number of halogens is 6. The Morgan fingerprint density at radius 2 is 1.76 bits per heavy atom. The van der Waals surface area contributed by atoms with Gasteiger partial charge in [0.05, 0.1) is 12.1 Å². The summed E-state index contributed by atoms with van der Waals surface area (Å²) in [6.45, 7) is 0. The first-order chi connectivity index (χ1) is 11.5. The van der Waals surface area contributed by atoms with Crippen LogP contribution in [0.1, 0.15) is 11.3 Å². The van der Waals surface area contributed by atoms with Crippen molar-refractivity contribution in [1.29, 1.82) is 0 Å². The zero-order chi connectivity index (χ0) is 18.8. The number of nitrogens with zero attached hydrogens (tertiary/aromatic N) is 1. The lowest BCUT2D eigenvalue weighted by Crippen LogP contribution is -2.17. The molecule has 134 valence electrons. The molecule has 2 rings (SSSR count). The average Bonchev–Trinajstić information content (AvgIpc) is 2.44. The highest BCUT2D eigenvalue weighted by molar-refractivity contribution is 5.75. The smallest absolute Gasteiger partial charge is 0.481 e. The maximum atomic E-state index is 12.8. The first kappa shape index (κ1) is 18.6. The number of aliphatic carboxylic acids is 1. The van der Waals surface area contributed by atoms with Crippen molar-refractivity contribution in [3.05, 3.63) is 47.7 Å². The van der Waals surface area contributed by atoms with Gasteiger partial charge in [-0.05, 0) is 23.8 Å². The Hall–Kier alpha value is -2.78. The number of aromatic nitrogens is 1. The summed E-state index contributed by atoms with van der Waals surface area (Å²) in [5, 5.41) is 8.85. The Morgan fingerprint density at radius 1 is 1.08 bits per heavy atom. The number of hydrogen-bond acceptors (Lipinski definition) is 3. The second kappa shape index (κ2) is 6.61. The number of hydrogen-bond donors (Lipinski definition) is 1. The molecule has 0 atom stereocenters. The van der Waals surface area contributed by atoms with E-state index in [1.54, 1.807) is 0 Å². The Labute approximate surface area is 136 Å². The highest BCUT2D eigenvalue weighted by Gasteiger charge is 2.34. The van der Waals surface area contributed by atoms with Crippen LogP contribution in [0.5, 0.6) is 5.75 Å². The minimum absolute atomic E-state index is 0.0790. The van der Waals surface area contributed by atoms with Crippen LogP contribution in [-0.4, -0.2) is 22.4 Å². The molecule has 0 saturated heterocycles. The van der Waals surface area contributed by atoms with E-state index in [-0.39, 0.29) is 16.8 Å². The summed E-state index contributed by atoms with van der Waals surface area (Å²) in [7, 11) is 0. The molecular weight excluding hydrogens is 356 g/mol. The van der Waals surface area contributed by atoms with Crippen LogP contribution in [0.4, 0.5) is 26.3 Å². The maximum Gasteiger partial charge on any atom is 0.573 e. The van der Waals surface area contributed by atoms with Gasteiger partial charge < -0.3 is 9.84 Å². The summed E-state index contributed by atoms with van der Waals surface area (Å²) in [5.41, 5.74) is -1.89. The van der Waals surface area contributed by atoms with E-state index in [0.29, 0.717) is 6.07 Å². The standard InChI is InChI=1S/C15H9F6NO3/c16-14(17,18)11-5-4-9(7-12(23)24)13(22-11)8-2-1-3-10(6-8)25-15(19,20)21/h1-6H,7H2,(H,23,24). The van der Waals surface area contributed by atoms with Gasteiger partial charge in [-0.1, -0.05) is 18.2 Å². The molecule has 1 N–H and O–H groups in total. The predicted molar refractivity (Wildman–Crippen MR) is 72.7 cm³/mol. The summed E-state index contributed by atoms with van der Waals surface area (Å²) in [6, 6.07) is 5.66. The number of carboxylic acids is 1. The summed E-state index contributed by atoms with van der Waals surface area (Å²) in [6.07, 6.45) is -10.4. The monoisotopic (exact) mass is 365 g/mol. The summed E-state index contributed by atoms with van der Waals surface area (Å²) in [5.74, 6) is -1.99. The van der Waals surface area contributed by atoms with E-state index in [4.69, 9.17) is 5.11 Å². The third-order valence-corrected chi connectivity index (χ3v) is 2.95. The Bertz CT molecular complexity index is 786. The molecule has 0 spiro atoms. The normalized spacial score (nSPS) is 12.1. The van der Waals surface area contributed by atoms with Crippen molar-refractivity contribution in [2.45, 2.75) is 19.0 Å². The third-order valence-electron chi connectivity index (χ3n) is 2.95. The fourth-order valence-corrected chi connectivity index (χ4v) is 2.04. The molecule has 0 bridgehead atoms. The highest BCUT2D eigenvalue weighted by atomic mass is 19.4. The molecule has 1 aromatic carbocycles. The fraction of sp³-hybridized carbons (Fsp3) is 0.200. The molecule has 0 unspecified atom stereocenters. The molecule has 1 aromatic heterocycles. The molecule has 0 fully saturated rings. The Kier molecular flexibility index (Phi) is 4.91. The molecule has 0 amide bonds. The van der Waals surface area contributed by atoms with Crippen LogP contribution in [0.25, 0.3) is 11.3 Å². The van der Waals surface area contributed by atoms with Crippen molar-refractivity contribution >= 4 is 5.97 Å². The first-order valence-corrected chi connectivity index (χ1v) is 6.61. The van der Waals surface area contributed by atoms with Crippen molar-refractivity contribution < 1.29 is 41.0 Å². The van der Waals surface area contributed by atoms with Gasteiger partial charge >= 0.3 is 18.5 Å². The van der Waals surface area contributed by atoms with E-state index < -0.39 is 36.4 Å². The van der Waals surface area contributed by atoms with Gasteiger partial charge in [0.25, 0.3) is 0 Å². The number of benzene rings is 1. The maximum absolute atomic E-state index is 12.8. The summed E-state index contributed by atoms with van der Waals surface area (Å²) in [4.78, 5) is 14.2. The fourth-order valence-electron chi connectivity index (χ4n) is 2.04. The number of ether oxygens (including phenoxy) is 1. The summed E-state index contributed by atoms with van der Waals surface area (Å²) < 4.78 is 79.0. The number of carbonyl (C=O) groups is 1. The van der Waals surface area contributed by atoms with E-state index in [2.05, 4.69) is 9.72 Å². The molecule has 0 aliphatic heterocycles. The minimum atomic E-state index is -4.98. The molecule has 0 aliphatic carbocycles. The Morgan fingerprint density at radius 3 is 2.32 bits per heavy atom. The molecule has 1 heterocycles. The second-order valence-corrected chi connectivity index (χ2v) is 4.85. The molecule has 4 nitrogen and oxygen atoms in total. The molecule has 25 heavy (non-hydrogen) atoms. The molecule has 0 radical (unpaired) electrons. The molecule has 0 aliphatic rings. The lowest BCUT2D eigenvalue weighted by Gasteiger charge is -2.13. The van der Waals surface area contributed by atoms with Crippen LogP contribution >= 0.6 is 0 Å². The van der Waals surface area contributed by atoms with Crippen LogP contribution in [0.3, 0.4) is 0 Å². The highest BCUT2D eigenvalue weighted by Crippen LogP contribution is 2.33. The van der Waals surface area contributed by atoms with Crippen molar-refractivity contribution in [2.75, 3.05) is 0 Å². The van der Waals surface area contributed by atoms with Crippen LogP contribution in [0, 0.1) is 0 Å². The number of rotatable bonds is 4. The first-order valence-electron chi connectivity index (χ1n) is 6.61. The molecule has 2 aromatic rings. The quantitative estimate of drug-likeness (QED) is 0.821. The topological polar surface area (TPSA) is 59.4 Å². The largest absolute Gasteiger partial charge is 0.573 e. The zero-order valence-corrected chi connectivity index (χ0v) is 12.1. The minimum Gasteiger partial charge on any atom is -0.481 e. The number of carboxylic acid groups (broad SMARTS) is 1. The molecule has 10 heteroatoms. The van der Waals surface area contributed by atoms with Crippen molar-refractivity contribution in [1.82, 2.24) is 4.98 Å². The van der Waals surface area contributed by atoms with Crippen molar-refractivity contribution in [2.24, 2.45) is 0 Å². The second-order valence-electron chi connectivity index (χ2n) is 4.85. The summed E-state index contributed by atoms with van der Waals surface area (Å²) >= 11 is 0. The molecule has 0 saturated carbocycles. The van der Waals surface area contributed by atoms with Crippen LogP contribution in [0.2, 0.25) is 0 Å². The van der Waals surface area contributed by atoms with E-state index in [1.807, 2.05) is 0 Å². The van der Waals surface area contributed by atoms with Crippen molar-refractivity contribution in [3.8, 4) is 17.0 Å². The van der Waals surface area contributed by atoms with Crippen molar-refractivity contribution in [3.63, 3.8) is 0 Å². The van der Waals surface area contributed by atoms with Gasteiger partial charge in [-0.25, -0.2) is 4.98 Å². The van der Waals surface area contributed by atoms with Gasteiger partial charge in [-0.15, -0.1) is 13.2 Å². The van der Waals surface area contributed by atoms with Crippen LogP contribution in [-0.2, 0) is 17.4 Å². The van der Waals surface area contributed by atoms with E-state index >= 15 is 0 Å². The predicted octanol–water partition coefficient (Wildman–Crippen LogP) is 4.29. The van der Waals surface area contributed by atoms with Gasteiger partial charge in [0.1, 0.15) is 11.4 Å². The van der Waals surface area contributed by atoms with E-state index in [9.17, 15) is 31.1 Å². The third kappa shape index (κ3) is 5.10. The Balaban J connectivity index is 2.55. The SMILES string of the molecule is O=C(O)Cc1ccc(C(F)(F)F)nc1-c1cccc(OC(F)(F)F)c1. The zero-order valence-electron chi connectivity index (χ0n) is 12.1. The van der Waals surface area contributed by atoms with E-state index in [0.717, 1.165) is 24.3 Å². The van der Waals surface area contributed by atoms with Gasteiger partial charge in [0, 0.05) is 5.56 Å². The average molecular weight is 365 g/mol. The number of alkyl halides is 6. The van der Waals surface area contributed by atoms with Crippen LogP contribution < -0.4 is 4.74 Å². The van der Waals surface area contributed by atoms with Gasteiger partial charge in [0.15, 0.2) is 0 Å². The lowest BCUT2D eigenvalue weighted by atomic mass is 10.0. The lowest BCUT2D eigenvalue weighted by molar-refractivity contribution is -0.274.